The Morgan fingerprint density at radius 1 is 0.296 bits per heavy atom. The third kappa shape index (κ3) is 6.50. The van der Waals surface area contributed by atoms with E-state index in [1.54, 1.807) is 0 Å². The van der Waals surface area contributed by atoms with Crippen LogP contribution in [0.1, 0.15) is 105 Å². The number of imide groups is 2. The van der Waals surface area contributed by atoms with Gasteiger partial charge >= 0.3 is 0 Å². The number of hydrogen-bond acceptors (Lipinski definition) is 10. The van der Waals surface area contributed by atoms with Gasteiger partial charge in [-0.3, -0.25) is 38.4 Å². The highest BCUT2D eigenvalue weighted by Crippen LogP contribution is 2.48. The summed E-state index contributed by atoms with van der Waals surface area (Å²) in [5, 5.41) is 4.92. The van der Waals surface area contributed by atoms with Gasteiger partial charge in [-0.2, -0.15) is 0 Å². The number of carbonyl (C=O) groups is 8. The van der Waals surface area contributed by atoms with Gasteiger partial charge in [0, 0.05) is 28.9 Å². The van der Waals surface area contributed by atoms with Gasteiger partial charge in [0.2, 0.25) is 23.1 Å². The number of allylic oxidation sites excluding steroid dienone is 4. The number of hydrogen-bond donors (Lipinski definition) is 2. The lowest BCUT2D eigenvalue weighted by Gasteiger charge is -2.28. The molecule has 12 rings (SSSR count). The van der Waals surface area contributed by atoms with Crippen molar-refractivity contribution in [2.24, 2.45) is 0 Å². The largest absolute Gasteiger partial charge is 0.354 e. The van der Waals surface area contributed by atoms with E-state index < -0.39 is 258 Å². The highest BCUT2D eigenvalue weighted by atomic mass is 19.2. The van der Waals surface area contributed by atoms with E-state index in [4.69, 9.17) is 0 Å². The van der Waals surface area contributed by atoms with Crippen LogP contribution in [0.25, 0.3) is 12.2 Å². The SMILES string of the molecule is O=C1C(=C2C=Cc3c(ccc(Cc4ccc5c(c4N4C(=O)c6c(F)c(F)c(F)c(F)c6C4=O)C=CC(=C4C(=O)c6c(F)c(F)c(F)c(F)c6C4=O)N5)c3N3C(=O)c4c(F)c(F)c(F)c(F)c4C3=O)N2)C(=O)c2c(F)c(F)c(F)c(F)c21. The van der Waals surface area contributed by atoms with Crippen LogP contribution in [0.5, 0.6) is 0 Å². The quantitative estimate of drug-likeness (QED) is 0.0433. The van der Waals surface area contributed by atoms with E-state index in [-0.39, 0.29) is 9.80 Å². The lowest BCUT2D eigenvalue weighted by molar-refractivity contribution is 0.0908. The van der Waals surface area contributed by atoms with Gasteiger partial charge in [-0.1, -0.05) is 12.1 Å². The molecular formula is C53H12F16N4O8. The fraction of sp³-hybridized carbons (Fsp3) is 0.0189. The minimum absolute atomic E-state index is 0.0700. The number of anilines is 4. The molecule has 0 radical (unpaired) electrons. The minimum atomic E-state index is -2.58. The number of carbonyl (C=O) groups excluding carboxylic acids is 8. The summed E-state index contributed by atoms with van der Waals surface area (Å²) < 4.78 is 238. The summed E-state index contributed by atoms with van der Waals surface area (Å²) in [6, 6.07) is 3.70. The summed E-state index contributed by atoms with van der Waals surface area (Å²) in [4.78, 5) is 111. The van der Waals surface area contributed by atoms with Crippen molar-refractivity contribution in [1.82, 2.24) is 0 Å². The van der Waals surface area contributed by atoms with E-state index in [9.17, 15) is 91.0 Å². The van der Waals surface area contributed by atoms with Gasteiger partial charge in [0.1, 0.15) is 0 Å². The molecule has 6 aliphatic rings. The normalized spacial score (nSPS) is 15.9. The molecule has 0 bridgehead atoms. The van der Waals surface area contributed by atoms with Gasteiger partial charge in [-0.15, -0.1) is 0 Å². The van der Waals surface area contributed by atoms with E-state index in [0.717, 1.165) is 48.6 Å². The van der Waals surface area contributed by atoms with Crippen molar-refractivity contribution >= 4 is 81.7 Å². The summed E-state index contributed by atoms with van der Waals surface area (Å²) in [7, 11) is 0. The summed E-state index contributed by atoms with van der Waals surface area (Å²) >= 11 is 0. The molecule has 4 amide bonds. The average Bonchev–Trinajstić information content (AvgIpc) is 3.74. The number of halogens is 16. The predicted molar refractivity (Wildman–Crippen MR) is 240 cm³/mol. The Balaban J connectivity index is 1.06. The summed E-state index contributed by atoms with van der Waals surface area (Å²) in [5.74, 6) is -53.5. The second kappa shape index (κ2) is 17.1. The number of nitrogens with zero attached hydrogens (tertiary/aromatic N) is 2. The number of rotatable bonds is 4. The van der Waals surface area contributed by atoms with E-state index in [0.29, 0.717) is 0 Å². The standard InChI is InChI=1S/C53H12F16N4O8/c54-28-20-21(29(55)37(63)36(28)62)47(75)18(46(20)74)16-7-3-12-14(70-16)5-1-10(44(12)72-50(78)24-25(51(72)79)33(59)41(67)40(66)32(24)58)9-11-2-6-15-13(45(11)73-52(80)26-27(53(73)81)35(61)43(69)42(68)34(26)60)4-8-17(71-15)19-48(76)22-23(49(19)77)31(57)39(65)38(64)30(22)56/h1-8,70-71H,9H2. The number of nitrogens with one attached hydrogen (secondary N) is 2. The first-order valence-corrected chi connectivity index (χ1v) is 22.3. The van der Waals surface area contributed by atoms with Gasteiger partial charge < -0.3 is 10.6 Å². The highest BCUT2D eigenvalue weighted by molar-refractivity contribution is 6.42. The zero-order valence-electron chi connectivity index (χ0n) is 38.5. The van der Waals surface area contributed by atoms with Crippen molar-refractivity contribution in [3.05, 3.63) is 219 Å². The Kier molecular flexibility index (Phi) is 10.9. The van der Waals surface area contributed by atoms with Crippen molar-refractivity contribution in [2.75, 3.05) is 20.4 Å². The lowest BCUT2D eigenvalue weighted by Crippen LogP contribution is -2.33. The number of fused-ring (bicyclic) bond motifs is 6. The first kappa shape index (κ1) is 51.5. The first-order valence-electron chi connectivity index (χ1n) is 22.3. The highest BCUT2D eigenvalue weighted by Gasteiger charge is 2.50. The van der Waals surface area contributed by atoms with Crippen LogP contribution in [0.2, 0.25) is 0 Å². The van der Waals surface area contributed by atoms with Crippen molar-refractivity contribution in [3.63, 3.8) is 0 Å². The Hall–Kier alpha value is -10.3. The third-order valence-electron chi connectivity index (χ3n) is 13.9. The topological polar surface area (TPSA) is 167 Å². The Bertz CT molecular complexity index is 4000. The second-order valence-corrected chi connectivity index (χ2v) is 18.0. The van der Waals surface area contributed by atoms with Crippen molar-refractivity contribution in [2.45, 2.75) is 6.42 Å². The van der Waals surface area contributed by atoms with Crippen LogP contribution in [0.3, 0.4) is 0 Å². The monoisotopic (exact) mass is 1140 g/mol. The summed E-state index contributed by atoms with van der Waals surface area (Å²) in [5.41, 5.74) is -21.6. The Labute approximate surface area is 435 Å². The molecule has 6 aromatic carbocycles. The minimum Gasteiger partial charge on any atom is -0.354 e. The maximum atomic E-state index is 15.5. The Morgan fingerprint density at radius 2 is 0.531 bits per heavy atom. The van der Waals surface area contributed by atoms with Gasteiger partial charge in [0.15, 0.2) is 93.1 Å². The third-order valence-corrected chi connectivity index (χ3v) is 13.9. The molecule has 6 aromatic rings. The molecule has 12 nitrogen and oxygen atoms in total. The maximum Gasteiger partial charge on any atom is 0.269 e. The van der Waals surface area contributed by atoms with Crippen LogP contribution in [-0.2, 0) is 6.42 Å². The van der Waals surface area contributed by atoms with Crippen LogP contribution in [0.15, 0.2) is 59.0 Å². The smallest absolute Gasteiger partial charge is 0.269 e. The molecule has 28 heteroatoms. The lowest BCUT2D eigenvalue weighted by atomic mass is 9.91. The van der Waals surface area contributed by atoms with Crippen LogP contribution in [0.4, 0.5) is 93.0 Å². The molecule has 4 heterocycles. The average molecular weight is 1140 g/mol. The van der Waals surface area contributed by atoms with E-state index in [1.807, 2.05) is 0 Å². The molecule has 0 saturated heterocycles. The zero-order chi connectivity index (χ0) is 58.3. The first-order chi connectivity index (χ1) is 38.2. The number of ketones is 4. The van der Waals surface area contributed by atoms with Crippen LogP contribution in [-0.4, -0.2) is 46.8 Å². The second-order valence-electron chi connectivity index (χ2n) is 18.0. The molecule has 0 saturated carbocycles. The van der Waals surface area contributed by atoms with Gasteiger partial charge in [0.05, 0.1) is 78.4 Å². The van der Waals surface area contributed by atoms with E-state index in [2.05, 4.69) is 10.6 Å². The zero-order valence-corrected chi connectivity index (χ0v) is 38.5. The molecule has 0 aromatic heterocycles. The maximum absolute atomic E-state index is 15.5. The van der Waals surface area contributed by atoms with Crippen molar-refractivity contribution in [1.29, 1.82) is 0 Å². The fourth-order valence-corrected chi connectivity index (χ4v) is 10.3. The molecule has 81 heavy (non-hydrogen) atoms. The van der Waals surface area contributed by atoms with Gasteiger partial charge in [-0.05, 0) is 47.6 Å². The molecule has 4 aliphatic heterocycles. The van der Waals surface area contributed by atoms with E-state index in [1.165, 1.54) is 0 Å². The fourth-order valence-electron chi connectivity index (χ4n) is 10.3. The number of benzene rings is 6. The molecule has 0 spiro atoms. The van der Waals surface area contributed by atoms with Crippen LogP contribution >= 0.6 is 0 Å². The molecule has 0 fully saturated rings. The Morgan fingerprint density at radius 3 is 0.778 bits per heavy atom. The van der Waals surface area contributed by atoms with Crippen molar-refractivity contribution in [3.8, 4) is 0 Å². The predicted octanol–water partition coefficient (Wildman–Crippen LogP) is 10.6. The summed E-state index contributed by atoms with van der Waals surface area (Å²) in [6.07, 6.45) is 2.06. The molecular weight excluding hydrogens is 1120 g/mol. The van der Waals surface area contributed by atoms with Crippen LogP contribution < -0.4 is 20.4 Å². The van der Waals surface area contributed by atoms with Gasteiger partial charge in [0.25, 0.3) is 23.6 Å². The van der Waals surface area contributed by atoms with Crippen LogP contribution in [0, 0.1) is 93.1 Å². The molecule has 2 aliphatic carbocycles. The molecule has 0 unspecified atom stereocenters. The molecule has 0 atom stereocenters. The molecule has 2 N–H and O–H groups in total. The van der Waals surface area contributed by atoms with E-state index >= 15 is 17.6 Å². The number of amides is 4. The summed E-state index contributed by atoms with van der Waals surface area (Å²) in [6.45, 7) is 0. The number of Topliss-reactive ketones (excluding diaryl/α,β-unsaturated/α-hetero) is 4. The van der Waals surface area contributed by atoms with Crippen molar-refractivity contribution < 1.29 is 109 Å². The molecule has 404 valence electrons. The van der Waals surface area contributed by atoms with Gasteiger partial charge in [-0.25, -0.2) is 80.0 Å².